The van der Waals surface area contributed by atoms with Crippen molar-refractivity contribution in [2.45, 2.75) is 33.1 Å². The Hall–Kier alpha value is -0.870. The maximum Gasteiger partial charge on any atom is 0.120 e. The summed E-state index contributed by atoms with van der Waals surface area (Å²) in [6, 6.07) is 6.01. The fourth-order valence-electron chi connectivity index (χ4n) is 1.70. The molecule has 2 aromatic rings. The van der Waals surface area contributed by atoms with E-state index < -0.39 is 0 Å². The van der Waals surface area contributed by atoms with Crippen molar-refractivity contribution in [1.29, 1.82) is 0 Å². The van der Waals surface area contributed by atoms with Gasteiger partial charge < -0.3 is 4.74 Å². The highest BCUT2D eigenvalue weighted by Crippen LogP contribution is 2.35. The summed E-state index contributed by atoms with van der Waals surface area (Å²) in [7, 11) is 0. The van der Waals surface area contributed by atoms with Gasteiger partial charge in [0, 0.05) is 20.8 Å². The molecule has 0 fully saturated rings. The minimum absolute atomic E-state index is 0.0902. The van der Waals surface area contributed by atoms with Gasteiger partial charge in [-0.05, 0) is 25.1 Å². The van der Waals surface area contributed by atoms with Crippen LogP contribution in [0.4, 0.5) is 0 Å². The van der Waals surface area contributed by atoms with E-state index in [0.29, 0.717) is 6.61 Å². The van der Waals surface area contributed by atoms with Gasteiger partial charge >= 0.3 is 0 Å². The SMILES string of the molecule is CCOc1ccc(Br)c(-c2csc(C(C)(C)C)n2)c1. The fraction of sp³-hybridized carbons (Fsp3) is 0.400. The predicted molar refractivity (Wildman–Crippen MR) is 85.1 cm³/mol. The topological polar surface area (TPSA) is 22.1 Å². The summed E-state index contributed by atoms with van der Waals surface area (Å²) in [6.45, 7) is 9.21. The maximum absolute atomic E-state index is 5.55. The molecule has 1 aromatic heterocycles. The van der Waals surface area contributed by atoms with Crippen LogP contribution in [-0.4, -0.2) is 11.6 Å². The molecule has 0 saturated carbocycles. The third-order valence-corrected chi connectivity index (χ3v) is 4.63. The van der Waals surface area contributed by atoms with Crippen molar-refractivity contribution >= 4 is 27.3 Å². The molecule has 0 unspecified atom stereocenters. The lowest BCUT2D eigenvalue weighted by molar-refractivity contribution is 0.340. The van der Waals surface area contributed by atoms with Gasteiger partial charge in [0.2, 0.25) is 0 Å². The lowest BCUT2D eigenvalue weighted by Gasteiger charge is -2.13. The van der Waals surface area contributed by atoms with E-state index >= 15 is 0 Å². The Kier molecular flexibility index (Phi) is 4.31. The molecule has 2 nitrogen and oxygen atoms in total. The van der Waals surface area contributed by atoms with Crippen LogP contribution in [0, 0.1) is 0 Å². The smallest absolute Gasteiger partial charge is 0.120 e. The minimum atomic E-state index is 0.0902. The van der Waals surface area contributed by atoms with Crippen molar-refractivity contribution in [3.63, 3.8) is 0 Å². The Morgan fingerprint density at radius 1 is 1.32 bits per heavy atom. The molecule has 1 heterocycles. The number of hydrogen-bond donors (Lipinski definition) is 0. The van der Waals surface area contributed by atoms with Crippen molar-refractivity contribution in [2.24, 2.45) is 0 Å². The third-order valence-electron chi connectivity index (χ3n) is 2.67. The Bertz CT molecular complexity index is 572. The van der Waals surface area contributed by atoms with Crippen LogP contribution in [0.2, 0.25) is 0 Å². The summed E-state index contributed by atoms with van der Waals surface area (Å²) in [5, 5.41) is 3.26. The molecule has 0 aliphatic rings. The number of nitrogens with zero attached hydrogens (tertiary/aromatic N) is 1. The van der Waals surface area contributed by atoms with Gasteiger partial charge in [-0.15, -0.1) is 11.3 Å². The molecule has 2 rings (SSSR count). The molecule has 19 heavy (non-hydrogen) atoms. The monoisotopic (exact) mass is 339 g/mol. The Labute approximate surface area is 127 Å². The number of aromatic nitrogens is 1. The van der Waals surface area contributed by atoms with Gasteiger partial charge in [0.05, 0.1) is 17.3 Å². The highest BCUT2D eigenvalue weighted by molar-refractivity contribution is 9.10. The van der Waals surface area contributed by atoms with E-state index in [1.807, 2.05) is 25.1 Å². The molecule has 0 atom stereocenters. The normalized spacial score (nSPS) is 11.6. The summed E-state index contributed by atoms with van der Waals surface area (Å²) in [5.41, 5.74) is 2.17. The van der Waals surface area contributed by atoms with E-state index in [4.69, 9.17) is 9.72 Å². The van der Waals surface area contributed by atoms with Crippen LogP contribution < -0.4 is 4.74 Å². The molecular weight excluding hydrogens is 322 g/mol. The number of rotatable bonds is 3. The molecule has 0 radical (unpaired) electrons. The highest BCUT2D eigenvalue weighted by Gasteiger charge is 2.19. The zero-order chi connectivity index (χ0) is 14.0. The standard InChI is InChI=1S/C15H18BrNOS/c1-5-18-10-6-7-12(16)11(8-10)13-9-19-14(17-13)15(2,3)4/h6-9H,5H2,1-4H3. The molecule has 1 aromatic carbocycles. The summed E-state index contributed by atoms with van der Waals surface area (Å²) in [5.74, 6) is 0.881. The van der Waals surface area contributed by atoms with Gasteiger partial charge in [-0.1, -0.05) is 36.7 Å². The van der Waals surface area contributed by atoms with Gasteiger partial charge in [0.15, 0.2) is 0 Å². The van der Waals surface area contributed by atoms with E-state index in [0.717, 1.165) is 26.5 Å². The molecule has 102 valence electrons. The first kappa shape index (κ1) is 14.5. The number of thiazole rings is 1. The zero-order valence-electron chi connectivity index (χ0n) is 11.7. The largest absolute Gasteiger partial charge is 0.494 e. The van der Waals surface area contributed by atoms with Crippen molar-refractivity contribution in [3.8, 4) is 17.0 Å². The van der Waals surface area contributed by atoms with Crippen LogP contribution >= 0.6 is 27.3 Å². The highest BCUT2D eigenvalue weighted by atomic mass is 79.9. The van der Waals surface area contributed by atoms with Crippen molar-refractivity contribution in [3.05, 3.63) is 33.1 Å². The maximum atomic E-state index is 5.55. The fourth-order valence-corrected chi connectivity index (χ4v) is 3.06. The van der Waals surface area contributed by atoms with Crippen molar-refractivity contribution in [1.82, 2.24) is 4.98 Å². The van der Waals surface area contributed by atoms with E-state index in [1.54, 1.807) is 11.3 Å². The van der Waals surface area contributed by atoms with Gasteiger partial charge in [-0.2, -0.15) is 0 Å². The molecule has 0 bridgehead atoms. The lowest BCUT2D eigenvalue weighted by Crippen LogP contribution is -2.10. The summed E-state index contributed by atoms with van der Waals surface area (Å²) in [4.78, 5) is 4.75. The number of hydrogen-bond acceptors (Lipinski definition) is 3. The molecule has 0 saturated heterocycles. The van der Waals surface area contributed by atoms with Crippen LogP contribution in [0.5, 0.6) is 5.75 Å². The molecule has 0 spiro atoms. The summed E-state index contributed by atoms with van der Waals surface area (Å²) >= 11 is 5.29. The second-order valence-electron chi connectivity index (χ2n) is 5.36. The van der Waals surface area contributed by atoms with Crippen LogP contribution in [-0.2, 0) is 5.41 Å². The van der Waals surface area contributed by atoms with E-state index in [9.17, 15) is 0 Å². The molecule has 0 aliphatic heterocycles. The second kappa shape index (κ2) is 5.63. The molecular formula is C15H18BrNOS. The van der Waals surface area contributed by atoms with Crippen LogP contribution in [0.3, 0.4) is 0 Å². The molecule has 0 amide bonds. The van der Waals surface area contributed by atoms with Crippen LogP contribution in [0.15, 0.2) is 28.1 Å². The summed E-state index contributed by atoms with van der Waals surface area (Å²) in [6.07, 6.45) is 0. The zero-order valence-corrected chi connectivity index (χ0v) is 14.1. The van der Waals surface area contributed by atoms with Gasteiger partial charge in [-0.3, -0.25) is 0 Å². The predicted octanol–water partition coefficient (Wildman–Crippen LogP) is 5.27. The van der Waals surface area contributed by atoms with Crippen molar-refractivity contribution in [2.75, 3.05) is 6.61 Å². The number of benzene rings is 1. The Balaban J connectivity index is 2.41. The average Bonchev–Trinajstić information content (AvgIpc) is 2.81. The Morgan fingerprint density at radius 2 is 2.05 bits per heavy atom. The van der Waals surface area contributed by atoms with E-state index in [-0.39, 0.29) is 5.41 Å². The lowest BCUT2D eigenvalue weighted by atomic mass is 9.98. The summed E-state index contributed by atoms with van der Waals surface area (Å²) < 4.78 is 6.60. The first-order valence-corrected chi connectivity index (χ1v) is 7.98. The quantitative estimate of drug-likeness (QED) is 0.759. The average molecular weight is 340 g/mol. The first-order chi connectivity index (χ1) is 8.91. The third kappa shape index (κ3) is 3.37. The van der Waals surface area contributed by atoms with E-state index in [1.165, 1.54) is 0 Å². The first-order valence-electron chi connectivity index (χ1n) is 6.30. The minimum Gasteiger partial charge on any atom is -0.494 e. The van der Waals surface area contributed by atoms with Crippen molar-refractivity contribution < 1.29 is 4.74 Å². The molecule has 4 heteroatoms. The molecule has 0 aliphatic carbocycles. The van der Waals surface area contributed by atoms with Gasteiger partial charge in [0.1, 0.15) is 5.75 Å². The van der Waals surface area contributed by atoms with Gasteiger partial charge in [-0.25, -0.2) is 4.98 Å². The molecule has 0 N–H and O–H groups in total. The Morgan fingerprint density at radius 3 is 2.63 bits per heavy atom. The number of halogens is 1. The van der Waals surface area contributed by atoms with Crippen LogP contribution in [0.1, 0.15) is 32.7 Å². The van der Waals surface area contributed by atoms with Gasteiger partial charge in [0.25, 0.3) is 0 Å². The van der Waals surface area contributed by atoms with Crippen LogP contribution in [0.25, 0.3) is 11.3 Å². The second-order valence-corrected chi connectivity index (χ2v) is 7.08. The number of ether oxygens (including phenoxy) is 1. The van der Waals surface area contributed by atoms with E-state index in [2.05, 4.69) is 42.1 Å².